The number of aromatic nitrogens is 2. The first-order valence-electron chi connectivity index (χ1n) is 5.98. The molecule has 1 unspecified atom stereocenters. The maximum atomic E-state index is 10.6. The third kappa shape index (κ3) is 3.00. The van der Waals surface area contributed by atoms with Gasteiger partial charge in [0.15, 0.2) is 5.69 Å². The molecule has 0 aliphatic heterocycles. The Balaban J connectivity index is 2.23. The molecule has 0 saturated heterocycles. The molecular weight excluding hydrogens is 260 g/mol. The summed E-state index contributed by atoms with van der Waals surface area (Å²) in [6, 6.07) is 9.78. The molecule has 0 bridgehead atoms. The van der Waals surface area contributed by atoms with Crippen molar-refractivity contribution in [2.24, 2.45) is 0 Å². The molecular formula is C13H14N4O3. The maximum Gasteiger partial charge on any atom is 0.472 e. The van der Waals surface area contributed by atoms with Gasteiger partial charge < -0.3 is 20.2 Å². The number of anilines is 1. The molecule has 2 aromatic rings. The second-order valence-corrected chi connectivity index (χ2v) is 4.13. The van der Waals surface area contributed by atoms with Crippen molar-refractivity contribution in [1.29, 1.82) is 0 Å². The standard InChI is InChI=1S/C13H14N4O3/c1-9(10-6-4-3-5-7-10)15-11-8-14-13(17(18)19)16-12(11)20-2/h3-9,15H,1-2H3. The Morgan fingerprint density at radius 1 is 1.35 bits per heavy atom. The molecule has 0 amide bonds. The molecule has 0 aliphatic rings. The second kappa shape index (κ2) is 5.96. The highest BCUT2D eigenvalue weighted by Crippen LogP contribution is 2.26. The van der Waals surface area contributed by atoms with Crippen LogP contribution in [-0.2, 0) is 0 Å². The van der Waals surface area contributed by atoms with Crippen LogP contribution in [0.2, 0.25) is 0 Å². The van der Waals surface area contributed by atoms with Crippen LogP contribution in [-0.4, -0.2) is 22.0 Å². The molecule has 2 rings (SSSR count). The van der Waals surface area contributed by atoms with Crippen LogP contribution in [0.1, 0.15) is 18.5 Å². The molecule has 1 aromatic heterocycles. The largest absolute Gasteiger partial charge is 0.472 e. The molecule has 0 fully saturated rings. The van der Waals surface area contributed by atoms with Gasteiger partial charge in [0.1, 0.15) is 6.20 Å². The summed E-state index contributed by atoms with van der Waals surface area (Å²) in [6.07, 6.45) is 1.35. The summed E-state index contributed by atoms with van der Waals surface area (Å²) in [7, 11) is 1.41. The van der Waals surface area contributed by atoms with E-state index in [2.05, 4.69) is 15.3 Å². The zero-order valence-corrected chi connectivity index (χ0v) is 11.1. The van der Waals surface area contributed by atoms with E-state index in [9.17, 15) is 10.1 Å². The summed E-state index contributed by atoms with van der Waals surface area (Å²) in [5.74, 6) is -0.339. The van der Waals surface area contributed by atoms with Crippen LogP contribution in [0.5, 0.6) is 5.88 Å². The van der Waals surface area contributed by atoms with E-state index in [1.54, 1.807) is 0 Å². The lowest BCUT2D eigenvalue weighted by molar-refractivity contribution is -0.394. The van der Waals surface area contributed by atoms with E-state index in [0.717, 1.165) is 5.56 Å². The predicted octanol–water partition coefficient (Wildman–Crippen LogP) is 2.57. The Morgan fingerprint density at radius 3 is 2.65 bits per heavy atom. The Hall–Kier alpha value is -2.70. The minimum atomic E-state index is -0.660. The van der Waals surface area contributed by atoms with Gasteiger partial charge >= 0.3 is 11.8 Å². The van der Waals surface area contributed by atoms with E-state index in [1.165, 1.54) is 13.3 Å². The summed E-state index contributed by atoms with van der Waals surface area (Å²) in [6.45, 7) is 1.97. The average Bonchev–Trinajstić information content (AvgIpc) is 2.48. The molecule has 104 valence electrons. The smallest absolute Gasteiger partial charge is 0.467 e. The molecule has 1 atom stereocenters. The number of benzene rings is 1. The molecule has 0 spiro atoms. The monoisotopic (exact) mass is 274 g/mol. The molecule has 1 N–H and O–H groups in total. The fourth-order valence-electron chi connectivity index (χ4n) is 1.76. The topological polar surface area (TPSA) is 90.2 Å². The lowest BCUT2D eigenvalue weighted by Crippen LogP contribution is -2.09. The van der Waals surface area contributed by atoms with Crippen molar-refractivity contribution in [1.82, 2.24) is 9.97 Å². The van der Waals surface area contributed by atoms with E-state index >= 15 is 0 Å². The molecule has 7 nitrogen and oxygen atoms in total. The van der Waals surface area contributed by atoms with E-state index in [4.69, 9.17) is 4.74 Å². The maximum absolute atomic E-state index is 10.6. The lowest BCUT2D eigenvalue weighted by atomic mass is 10.1. The van der Waals surface area contributed by atoms with Crippen molar-refractivity contribution in [2.75, 3.05) is 12.4 Å². The molecule has 20 heavy (non-hydrogen) atoms. The van der Waals surface area contributed by atoms with E-state index in [0.29, 0.717) is 5.69 Å². The molecule has 0 radical (unpaired) electrons. The zero-order valence-electron chi connectivity index (χ0n) is 11.1. The number of nitrogens with one attached hydrogen (secondary N) is 1. The SMILES string of the molecule is COc1nc([N+](=O)[O-])ncc1NC(C)c1ccccc1. The fourth-order valence-corrected chi connectivity index (χ4v) is 1.76. The quantitative estimate of drug-likeness (QED) is 0.665. The van der Waals surface area contributed by atoms with Crippen LogP contribution in [0.3, 0.4) is 0 Å². The van der Waals surface area contributed by atoms with E-state index in [1.807, 2.05) is 37.3 Å². The van der Waals surface area contributed by atoms with Gasteiger partial charge in [-0.15, -0.1) is 0 Å². The minimum Gasteiger partial charge on any atom is -0.467 e. The summed E-state index contributed by atoms with van der Waals surface area (Å²) >= 11 is 0. The van der Waals surface area contributed by atoms with Crippen molar-refractivity contribution in [3.8, 4) is 5.88 Å². The number of nitrogens with zero attached hydrogens (tertiary/aromatic N) is 3. The van der Waals surface area contributed by atoms with Crippen LogP contribution >= 0.6 is 0 Å². The number of rotatable bonds is 5. The average molecular weight is 274 g/mol. The highest BCUT2D eigenvalue weighted by atomic mass is 16.6. The van der Waals surface area contributed by atoms with Crippen molar-refractivity contribution in [3.05, 3.63) is 52.2 Å². The van der Waals surface area contributed by atoms with Crippen LogP contribution in [0.4, 0.5) is 11.6 Å². The molecule has 0 saturated carbocycles. The number of ether oxygens (including phenoxy) is 1. The molecule has 1 heterocycles. The highest BCUT2D eigenvalue weighted by molar-refractivity contribution is 5.53. The van der Waals surface area contributed by atoms with Crippen molar-refractivity contribution < 1.29 is 9.66 Å². The molecule has 7 heteroatoms. The van der Waals surface area contributed by atoms with Gasteiger partial charge in [0.25, 0.3) is 0 Å². The third-order valence-corrected chi connectivity index (χ3v) is 2.77. The number of hydrogen-bond donors (Lipinski definition) is 1. The van der Waals surface area contributed by atoms with Gasteiger partial charge in [0.05, 0.1) is 7.11 Å². The number of hydrogen-bond acceptors (Lipinski definition) is 6. The Bertz CT molecular complexity index is 604. The van der Waals surface area contributed by atoms with Crippen LogP contribution < -0.4 is 10.1 Å². The van der Waals surface area contributed by atoms with E-state index < -0.39 is 10.9 Å². The zero-order chi connectivity index (χ0) is 14.5. The van der Waals surface area contributed by atoms with Crippen molar-refractivity contribution >= 4 is 11.6 Å². The van der Waals surface area contributed by atoms with Crippen LogP contribution in [0.25, 0.3) is 0 Å². The first kappa shape index (κ1) is 13.7. The van der Waals surface area contributed by atoms with Crippen molar-refractivity contribution in [2.45, 2.75) is 13.0 Å². The number of nitro groups is 1. The summed E-state index contributed by atoms with van der Waals surface area (Å²) in [4.78, 5) is 17.4. The molecule has 1 aromatic carbocycles. The fraction of sp³-hybridized carbons (Fsp3) is 0.231. The van der Waals surface area contributed by atoms with Gasteiger partial charge in [-0.3, -0.25) is 0 Å². The Kier molecular flexibility index (Phi) is 4.09. The minimum absolute atomic E-state index is 0.00449. The lowest BCUT2D eigenvalue weighted by Gasteiger charge is -2.15. The van der Waals surface area contributed by atoms with Gasteiger partial charge in [-0.05, 0) is 22.4 Å². The van der Waals surface area contributed by atoms with Gasteiger partial charge in [-0.1, -0.05) is 35.3 Å². The van der Waals surface area contributed by atoms with E-state index in [-0.39, 0.29) is 11.9 Å². The summed E-state index contributed by atoms with van der Waals surface area (Å²) in [5.41, 5.74) is 1.59. The second-order valence-electron chi connectivity index (χ2n) is 4.13. The normalized spacial score (nSPS) is 11.7. The van der Waals surface area contributed by atoms with Crippen LogP contribution in [0, 0.1) is 10.1 Å². The summed E-state index contributed by atoms with van der Waals surface area (Å²) in [5, 5.41) is 13.8. The van der Waals surface area contributed by atoms with Gasteiger partial charge in [-0.25, -0.2) is 0 Å². The molecule has 0 aliphatic carbocycles. The predicted molar refractivity (Wildman–Crippen MR) is 73.7 cm³/mol. The Labute approximate surface area is 115 Å². The summed E-state index contributed by atoms with van der Waals surface area (Å²) < 4.78 is 5.05. The number of methoxy groups -OCH3 is 1. The van der Waals surface area contributed by atoms with Crippen molar-refractivity contribution in [3.63, 3.8) is 0 Å². The van der Waals surface area contributed by atoms with Gasteiger partial charge in [0, 0.05) is 6.04 Å². The highest BCUT2D eigenvalue weighted by Gasteiger charge is 2.19. The first-order chi connectivity index (χ1) is 9.61. The van der Waals surface area contributed by atoms with Gasteiger partial charge in [0.2, 0.25) is 0 Å². The Morgan fingerprint density at radius 2 is 2.05 bits per heavy atom. The van der Waals surface area contributed by atoms with Crippen LogP contribution in [0.15, 0.2) is 36.5 Å². The first-order valence-corrected chi connectivity index (χ1v) is 5.98. The van der Waals surface area contributed by atoms with Gasteiger partial charge in [-0.2, -0.15) is 0 Å². The third-order valence-electron chi connectivity index (χ3n) is 2.77.